The normalized spacial score (nSPS) is 21.1. The molecule has 4 nitrogen and oxygen atoms in total. The Morgan fingerprint density at radius 3 is 2.23 bits per heavy atom. The number of nitroso groups, excluding NO2 is 1. The molecule has 1 atom stereocenters. The highest BCUT2D eigenvalue weighted by Crippen LogP contribution is 2.37. The number of amides is 1. The molecule has 3 rings (SSSR count). The molecule has 1 unspecified atom stereocenters. The Kier molecular flexibility index (Phi) is 4.24. The molecule has 0 bridgehead atoms. The van der Waals surface area contributed by atoms with Crippen LogP contribution in [-0.4, -0.2) is 14.7 Å². The van der Waals surface area contributed by atoms with Crippen LogP contribution in [0.15, 0.2) is 59.8 Å². The summed E-state index contributed by atoms with van der Waals surface area (Å²) in [7, 11) is 0. The number of carbonyl (C=O) groups is 1. The van der Waals surface area contributed by atoms with E-state index in [0.717, 1.165) is 16.7 Å². The molecule has 0 aromatic heterocycles. The number of halogens is 1. The average Bonchev–Trinajstić information content (AvgIpc) is 2.85. The molecule has 1 fully saturated rings. The van der Waals surface area contributed by atoms with Crippen LogP contribution >= 0.6 is 22.9 Å². The molecule has 0 N–H and O–H groups in total. The molecule has 0 radical (unpaired) electrons. The SMILES string of the molecule is O=NC1(Cc2ccc(-c3ccccc3)cc2)CCC(=O)N1I. The second kappa shape index (κ2) is 6.16. The van der Waals surface area contributed by atoms with Gasteiger partial charge in [0.2, 0.25) is 5.91 Å². The van der Waals surface area contributed by atoms with Gasteiger partial charge in [0.1, 0.15) is 0 Å². The minimum atomic E-state index is -0.939. The first-order valence-corrected chi connectivity index (χ1v) is 8.09. The van der Waals surface area contributed by atoms with Crippen molar-refractivity contribution in [1.29, 1.82) is 0 Å². The zero-order valence-electron chi connectivity index (χ0n) is 11.9. The fraction of sp³-hybridized carbons (Fsp3) is 0.235. The van der Waals surface area contributed by atoms with Gasteiger partial charge in [-0.3, -0.25) is 7.91 Å². The van der Waals surface area contributed by atoms with E-state index in [1.54, 1.807) is 0 Å². The van der Waals surface area contributed by atoms with Crippen molar-refractivity contribution < 1.29 is 4.79 Å². The Labute approximate surface area is 143 Å². The molecule has 1 aliphatic heterocycles. The van der Waals surface area contributed by atoms with Crippen LogP contribution in [0, 0.1) is 4.91 Å². The molecule has 0 aliphatic carbocycles. The van der Waals surface area contributed by atoms with Crippen LogP contribution in [-0.2, 0) is 11.2 Å². The highest BCUT2D eigenvalue weighted by molar-refractivity contribution is 14.1. The minimum absolute atomic E-state index is 0.0268. The number of hydrogen-bond acceptors (Lipinski definition) is 3. The molecule has 1 saturated heterocycles. The Hall–Kier alpha value is -1.76. The molecule has 5 heteroatoms. The van der Waals surface area contributed by atoms with E-state index in [2.05, 4.69) is 17.3 Å². The van der Waals surface area contributed by atoms with Gasteiger partial charge in [-0.1, -0.05) is 54.6 Å². The van der Waals surface area contributed by atoms with E-state index in [9.17, 15) is 9.70 Å². The molecule has 2 aromatic carbocycles. The van der Waals surface area contributed by atoms with Crippen molar-refractivity contribution >= 4 is 28.8 Å². The largest absolute Gasteiger partial charge is 0.274 e. The van der Waals surface area contributed by atoms with Gasteiger partial charge in [-0.2, -0.15) is 0 Å². The van der Waals surface area contributed by atoms with Gasteiger partial charge in [0, 0.05) is 19.3 Å². The first-order chi connectivity index (χ1) is 10.6. The molecular weight excluding hydrogens is 391 g/mol. The molecule has 112 valence electrons. The van der Waals surface area contributed by atoms with Crippen LogP contribution in [0.3, 0.4) is 0 Å². The number of rotatable bonds is 4. The average molecular weight is 406 g/mol. The third kappa shape index (κ3) is 2.77. The quantitative estimate of drug-likeness (QED) is 0.431. The lowest BCUT2D eigenvalue weighted by molar-refractivity contribution is -0.124. The topological polar surface area (TPSA) is 49.7 Å². The Balaban J connectivity index is 1.82. The van der Waals surface area contributed by atoms with Crippen molar-refractivity contribution in [1.82, 2.24) is 3.11 Å². The van der Waals surface area contributed by atoms with Crippen molar-refractivity contribution in [3.8, 4) is 11.1 Å². The molecule has 1 heterocycles. The fourth-order valence-corrected chi connectivity index (χ4v) is 3.52. The number of carbonyl (C=O) groups excluding carboxylic acids is 1. The molecule has 1 aliphatic rings. The van der Waals surface area contributed by atoms with Gasteiger partial charge in [0.25, 0.3) is 0 Å². The van der Waals surface area contributed by atoms with Crippen LogP contribution in [0.2, 0.25) is 0 Å². The van der Waals surface area contributed by atoms with Crippen molar-refractivity contribution in [3.63, 3.8) is 0 Å². The summed E-state index contributed by atoms with van der Waals surface area (Å²) >= 11 is 1.91. The summed E-state index contributed by atoms with van der Waals surface area (Å²) in [5.41, 5.74) is 2.36. The van der Waals surface area contributed by atoms with Crippen LogP contribution in [0.25, 0.3) is 11.1 Å². The molecule has 22 heavy (non-hydrogen) atoms. The van der Waals surface area contributed by atoms with Gasteiger partial charge in [0.05, 0.1) is 22.9 Å². The predicted molar refractivity (Wildman–Crippen MR) is 94.2 cm³/mol. The summed E-state index contributed by atoms with van der Waals surface area (Å²) in [5.74, 6) is -0.0268. The maximum Gasteiger partial charge on any atom is 0.233 e. The van der Waals surface area contributed by atoms with Crippen molar-refractivity contribution in [2.75, 3.05) is 0 Å². The Morgan fingerprint density at radius 1 is 1.05 bits per heavy atom. The maximum absolute atomic E-state index is 11.7. The zero-order chi connectivity index (χ0) is 15.6. The van der Waals surface area contributed by atoms with Gasteiger partial charge in [-0.15, -0.1) is 4.91 Å². The minimum Gasteiger partial charge on any atom is -0.274 e. The molecular formula is C17H15IN2O2. The Morgan fingerprint density at radius 2 is 1.68 bits per heavy atom. The molecule has 0 spiro atoms. The second-order valence-corrected chi connectivity index (χ2v) is 6.45. The first kappa shape index (κ1) is 15.1. The smallest absolute Gasteiger partial charge is 0.233 e. The van der Waals surface area contributed by atoms with E-state index >= 15 is 0 Å². The standard InChI is InChI=1S/C17H15IN2O2/c18-20-16(21)10-11-17(20,19-22)12-13-6-8-15(9-7-13)14-4-2-1-3-5-14/h1-9H,10-12H2. The monoisotopic (exact) mass is 406 g/mol. The van der Waals surface area contributed by atoms with Crippen LogP contribution in [0.4, 0.5) is 0 Å². The summed E-state index contributed by atoms with van der Waals surface area (Å²) in [6.07, 6.45) is 1.33. The number of hydrogen-bond donors (Lipinski definition) is 0. The third-order valence-electron chi connectivity index (χ3n) is 4.04. The lowest BCUT2D eigenvalue weighted by Crippen LogP contribution is -2.39. The Bertz CT molecular complexity index is 688. The van der Waals surface area contributed by atoms with Crippen LogP contribution in [0.1, 0.15) is 18.4 Å². The second-order valence-electron chi connectivity index (χ2n) is 5.49. The lowest BCUT2D eigenvalue weighted by atomic mass is 9.96. The third-order valence-corrected chi connectivity index (χ3v) is 5.48. The first-order valence-electron chi connectivity index (χ1n) is 7.12. The van der Waals surface area contributed by atoms with Gasteiger partial charge in [-0.05, 0) is 21.9 Å². The van der Waals surface area contributed by atoms with Crippen molar-refractivity contribution in [2.45, 2.75) is 24.9 Å². The number of benzene rings is 2. The van der Waals surface area contributed by atoms with E-state index < -0.39 is 5.66 Å². The van der Waals surface area contributed by atoms with Crippen LogP contribution in [0.5, 0.6) is 0 Å². The molecule has 1 amide bonds. The van der Waals surface area contributed by atoms with E-state index in [1.165, 1.54) is 3.11 Å². The summed E-state index contributed by atoms with van der Waals surface area (Å²) < 4.78 is 1.46. The van der Waals surface area contributed by atoms with E-state index in [0.29, 0.717) is 19.3 Å². The number of nitrogens with zero attached hydrogens (tertiary/aromatic N) is 2. The summed E-state index contributed by atoms with van der Waals surface area (Å²) in [6, 6.07) is 18.2. The highest BCUT2D eigenvalue weighted by atomic mass is 127. The van der Waals surface area contributed by atoms with Crippen LogP contribution < -0.4 is 0 Å². The van der Waals surface area contributed by atoms with E-state index in [-0.39, 0.29) is 5.91 Å². The van der Waals surface area contributed by atoms with E-state index in [4.69, 9.17) is 0 Å². The van der Waals surface area contributed by atoms with Crippen molar-refractivity contribution in [2.24, 2.45) is 5.18 Å². The van der Waals surface area contributed by atoms with Gasteiger partial charge in [-0.25, -0.2) is 0 Å². The van der Waals surface area contributed by atoms with Crippen molar-refractivity contribution in [3.05, 3.63) is 65.1 Å². The van der Waals surface area contributed by atoms with E-state index in [1.807, 2.05) is 65.3 Å². The lowest BCUT2D eigenvalue weighted by Gasteiger charge is -2.26. The predicted octanol–water partition coefficient (Wildman–Crippen LogP) is 4.33. The van der Waals surface area contributed by atoms with Gasteiger partial charge in [0.15, 0.2) is 5.66 Å². The summed E-state index contributed by atoms with van der Waals surface area (Å²) in [6.45, 7) is 0. The molecule has 2 aromatic rings. The molecule has 0 saturated carbocycles. The maximum atomic E-state index is 11.7. The van der Waals surface area contributed by atoms with Gasteiger partial charge < -0.3 is 0 Å². The summed E-state index contributed by atoms with van der Waals surface area (Å²) in [5, 5.41) is 3.27. The summed E-state index contributed by atoms with van der Waals surface area (Å²) in [4.78, 5) is 23.0. The van der Waals surface area contributed by atoms with Gasteiger partial charge >= 0.3 is 0 Å². The zero-order valence-corrected chi connectivity index (χ0v) is 14.1. The fourth-order valence-electron chi connectivity index (χ4n) is 2.78. The highest BCUT2D eigenvalue weighted by Gasteiger charge is 2.46.